The number of nitrogens with zero attached hydrogens (tertiary/aromatic N) is 2. The van der Waals surface area contributed by atoms with Crippen molar-refractivity contribution in [3.8, 4) is 17.2 Å². The number of thioether (sulfide) groups is 1. The Balaban J connectivity index is 1.74. The van der Waals surface area contributed by atoms with E-state index in [0.717, 1.165) is 26.1 Å². The van der Waals surface area contributed by atoms with Crippen LogP contribution in [0.1, 0.15) is 43.0 Å². The Morgan fingerprint density at radius 3 is 2.28 bits per heavy atom. The van der Waals surface area contributed by atoms with Gasteiger partial charge in [0.25, 0.3) is 5.91 Å². The van der Waals surface area contributed by atoms with E-state index in [-0.39, 0.29) is 17.2 Å². The van der Waals surface area contributed by atoms with E-state index in [0.29, 0.717) is 35.1 Å². The third-order valence-electron chi connectivity index (χ3n) is 6.07. The summed E-state index contributed by atoms with van der Waals surface area (Å²) in [4.78, 5) is 30.7. The molecule has 1 aromatic rings. The van der Waals surface area contributed by atoms with Gasteiger partial charge in [0.05, 0.1) is 26.7 Å². The summed E-state index contributed by atoms with van der Waals surface area (Å²) < 4.78 is 16.2. The number of hydrogen-bond acceptors (Lipinski definition) is 7. The normalized spacial score (nSPS) is 21.3. The molecule has 9 heteroatoms. The molecule has 2 fully saturated rings. The van der Waals surface area contributed by atoms with Crippen LogP contribution in [-0.4, -0.2) is 86.3 Å². The van der Waals surface area contributed by atoms with E-state index in [9.17, 15) is 9.59 Å². The van der Waals surface area contributed by atoms with E-state index >= 15 is 0 Å². The lowest BCUT2D eigenvalue weighted by atomic mass is 10.1. The maximum Gasteiger partial charge on any atom is 0.255 e. The molecule has 178 valence electrons. The van der Waals surface area contributed by atoms with Gasteiger partial charge >= 0.3 is 0 Å². The van der Waals surface area contributed by atoms with E-state index < -0.39 is 6.04 Å². The first-order chi connectivity index (χ1) is 15.5. The number of likely N-dealkylation sites (tertiary alicyclic amines) is 1. The van der Waals surface area contributed by atoms with Gasteiger partial charge in [0.2, 0.25) is 11.7 Å². The average molecular weight is 466 g/mol. The Morgan fingerprint density at radius 2 is 1.72 bits per heavy atom. The van der Waals surface area contributed by atoms with Crippen LogP contribution in [0.4, 0.5) is 0 Å². The summed E-state index contributed by atoms with van der Waals surface area (Å²) >= 11 is 1.65. The first-order valence-electron chi connectivity index (χ1n) is 11.3. The van der Waals surface area contributed by atoms with Gasteiger partial charge in [-0.2, -0.15) is 0 Å². The van der Waals surface area contributed by atoms with Crippen molar-refractivity contribution in [3.63, 3.8) is 0 Å². The van der Waals surface area contributed by atoms with Crippen molar-refractivity contribution in [3.05, 3.63) is 17.7 Å². The van der Waals surface area contributed by atoms with Crippen molar-refractivity contribution in [2.75, 3.05) is 53.3 Å². The number of methoxy groups -OCH3 is 3. The Bertz CT molecular complexity index is 775. The highest BCUT2D eigenvalue weighted by molar-refractivity contribution is 8.00. The quantitative estimate of drug-likeness (QED) is 0.600. The molecule has 2 saturated heterocycles. The van der Waals surface area contributed by atoms with Gasteiger partial charge in [-0.05, 0) is 44.5 Å². The number of benzene rings is 1. The topological polar surface area (TPSA) is 80.3 Å². The number of hydrogen-bond donors (Lipinski definition) is 1. The van der Waals surface area contributed by atoms with Crippen LogP contribution < -0.4 is 19.5 Å². The smallest absolute Gasteiger partial charge is 0.255 e. The lowest BCUT2D eigenvalue weighted by Gasteiger charge is -2.29. The van der Waals surface area contributed by atoms with Crippen molar-refractivity contribution >= 4 is 23.6 Å². The summed E-state index contributed by atoms with van der Waals surface area (Å²) in [6.45, 7) is 5.67. The zero-order chi connectivity index (χ0) is 23.1. The van der Waals surface area contributed by atoms with Crippen LogP contribution in [0.25, 0.3) is 0 Å². The molecular formula is C23H35N3O5S. The average Bonchev–Trinajstić information content (AvgIpc) is 3.27. The number of rotatable bonds is 9. The summed E-state index contributed by atoms with van der Waals surface area (Å²) in [5.74, 6) is 1.55. The molecule has 2 atom stereocenters. The van der Waals surface area contributed by atoms with Crippen LogP contribution in [-0.2, 0) is 4.79 Å². The van der Waals surface area contributed by atoms with Crippen LogP contribution in [0.15, 0.2) is 12.1 Å². The van der Waals surface area contributed by atoms with Gasteiger partial charge in [-0.1, -0.05) is 13.3 Å². The standard InChI is InChI=1S/C23H35N3O5S/c1-5-20-26(23(28)16-13-18(29-2)21(31-4)19(14-16)30-3)17(15-32-20)22(27)24-9-12-25-10-7-6-8-11-25/h13-14,17,20H,5-12,15H2,1-4H3,(H,24,27). The van der Waals surface area contributed by atoms with E-state index in [4.69, 9.17) is 14.2 Å². The zero-order valence-corrected chi connectivity index (χ0v) is 20.3. The van der Waals surface area contributed by atoms with Crippen LogP contribution in [0.5, 0.6) is 17.2 Å². The summed E-state index contributed by atoms with van der Waals surface area (Å²) in [6.07, 6.45) is 4.50. The summed E-state index contributed by atoms with van der Waals surface area (Å²) in [6, 6.07) is 2.79. The number of nitrogens with one attached hydrogen (secondary N) is 1. The molecule has 32 heavy (non-hydrogen) atoms. The molecule has 1 N–H and O–H groups in total. The molecule has 1 aromatic carbocycles. The molecule has 2 heterocycles. The molecule has 0 bridgehead atoms. The van der Waals surface area contributed by atoms with Gasteiger partial charge in [0, 0.05) is 24.4 Å². The summed E-state index contributed by atoms with van der Waals surface area (Å²) in [5, 5.41) is 3.00. The molecule has 0 saturated carbocycles. The van der Waals surface area contributed by atoms with Crippen molar-refractivity contribution in [2.45, 2.75) is 44.0 Å². The highest BCUT2D eigenvalue weighted by Gasteiger charge is 2.41. The largest absolute Gasteiger partial charge is 0.493 e. The number of carbonyl (C=O) groups is 2. The third-order valence-corrected chi connectivity index (χ3v) is 7.52. The highest BCUT2D eigenvalue weighted by Crippen LogP contribution is 2.40. The Hall–Kier alpha value is -2.13. The molecule has 2 unspecified atom stereocenters. The fourth-order valence-corrected chi connectivity index (χ4v) is 5.70. The van der Waals surface area contributed by atoms with Gasteiger partial charge in [0.15, 0.2) is 11.5 Å². The van der Waals surface area contributed by atoms with Crippen LogP contribution in [0, 0.1) is 0 Å². The lowest BCUT2D eigenvalue weighted by Crippen LogP contribution is -2.50. The number of ether oxygens (including phenoxy) is 3. The molecule has 3 rings (SSSR count). The lowest BCUT2D eigenvalue weighted by molar-refractivity contribution is -0.124. The highest BCUT2D eigenvalue weighted by atomic mass is 32.2. The van der Waals surface area contributed by atoms with Crippen molar-refractivity contribution in [2.24, 2.45) is 0 Å². The molecular weight excluding hydrogens is 430 g/mol. The first kappa shape index (κ1) is 24.5. The van der Waals surface area contributed by atoms with Crippen molar-refractivity contribution < 1.29 is 23.8 Å². The minimum atomic E-state index is -0.502. The van der Waals surface area contributed by atoms with Gasteiger partial charge < -0.3 is 29.3 Å². The SMILES string of the molecule is CCC1SCC(C(=O)NCCN2CCCCC2)N1C(=O)c1cc(OC)c(OC)c(OC)c1. The molecule has 2 aliphatic heterocycles. The second kappa shape index (κ2) is 11.7. The van der Waals surface area contributed by atoms with Gasteiger partial charge in [-0.25, -0.2) is 0 Å². The molecule has 2 aliphatic rings. The van der Waals surface area contributed by atoms with Gasteiger partial charge in [-0.3, -0.25) is 9.59 Å². The van der Waals surface area contributed by atoms with E-state index in [1.54, 1.807) is 28.8 Å². The first-order valence-corrected chi connectivity index (χ1v) is 12.3. The van der Waals surface area contributed by atoms with Crippen LogP contribution in [0.2, 0.25) is 0 Å². The van der Waals surface area contributed by atoms with Gasteiger partial charge in [-0.15, -0.1) is 11.8 Å². The predicted octanol–water partition coefficient (Wildman–Crippen LogP) is 2.61. The minimum Gasteiger partial charge on any atom is -0.493 e. The molecule has 8 nitrogen and oxygen atoms in total. The van der Waals surface area contributed by atoms with Crippen molar-refractivity contribution in [1.29, 1.82) is 0 Å². The van der Waals surface area contributed by atoms with Crippen molar-refractivity contribution in [1.82, 2.24) is 15.1 Å². The molecule has 0 radical (unpaired) electrons. The fourth-order valence-electron chi connectivity index (χ4n) is 4.34. The zero-order valence-electron chi connectivity index (χ0n) is 19.5. The van der Waals surface area contributed by atoms with Gasteiger partial charge in [0.1, 0.15) is 6.04 Å². The summed E-state index contributed by atoms with van der Waals surface area (Å²) in [5.41, 5.74) is 0.409. The Labute approximate surface area is 194 Å². The molecule has 0 aromatic heterocycles. The monoisotopic (exact) mass is 465 g/mol. The molecule has 2 amide bonds. The third kappa shape index (κ3) is 5.43. The second-order valence-corrected chi connectivity index (χ2v) is 9.24. The predicted molar refractivity (Wildman–Crippen MR) is 126 cm³/mol. The van der Waals surface area contributed by atoms with Crippen LogP contribution >= 0.6 is 11.8 Å². The van der Waals surface area contributed by atoms with Crippen LogP contribution in [0.3, 0.4) is 0 Å². The second-order valence-electron chi connectivity index (χ2n) is 8.03. The number of carbonyl (C=O) groups excluding carboxylic acids is 2. The van der Waals surface area contributed by atoms with E-state index in [2.05, 4.69) is 10.2 Å². The maximum atomic E-state index is 13.6. The minimum absolute atomic E-state index is 0.0561. The number of piperidine rings is 1. The Morgan fingerprint density at radius 1 is 1.06 bits per heavy atom. The fraction of sp³-hybridized carbons (Fsp3) is 0.652. The molecule has 0 aliphatic carbocycles. The summed E-state index contributed by atoms with van der Waals surface area (Å²) in [7, 11) is 4.56. The maximum absolute atomic E-state index is 13.6. The number of amides is 2. The molecule has 0 spiro atoms. The Kier molecular flexibility index (Phi) is 8.92. The van der Waals surface area contributed by atoms with E-state index in [1.165, 1.54) is 40.6 Å². The van der Waals surface area contributed by atoms with E-state index in [1.807, 2.05) is 6.92 Å².